The molecule has 2 heteroatoms. The number of rotatable bonds is 1. The van der Waals surface area contributed by atoms with Gasteiger partial charge in [-0.25, -0.2) is 0 Å². The van der Waals surface area contributed by atoms with Gasteiger partial charge in [0.25, 0.3) is 0 Å². The maximum atomic E-state index is 9.81. The van der Waals surface area contributed by atoms with Crippen LogP contribution in [0, 0.1) is 0 Å². The van der Waals surface area contributed by atoms with Crippen LogP contribution in [0.15, 0.2) is 0 Å². The summed E-state index contributed by atoms with van der Waals surface area (Å²) in [7, 11) is 0. The summed E-state index contributed by atoms with van der Waals surface area (Å²) in [6.45, 7) is 8.66. The highest BCUT2D eigenvalue weighted by molar-refractivity contribution is 5.74. The van der Waals surface area contributed by atoms with Crippen molar-refractivity contribution in [2.24, 2.45) is 0 Å². The fourth-order valence-electron chi connectivity index (χ4n) is 0. The Morgan fingerprint density at radius 1 is 1.40 bits per heavy atom. The number of Topliss-reactive ketones (excluding diaryl/α,β-unsaturated/α-hetero) is 1. The lowest BCUT2D eigenvalue weighted by Gasteiger charge is -2.04. The maximum Gasteiger partial charge on any atom is 0.129 e. The minimum Gasteiger partial charge on any atom is -0.391 e. The van der Waals surface area contributed by atoms with E-state index in [2.05, 4.69) is 0 Å². The molecule has 0 radical (unpaired) electrons. The van der Waals surface area contributed by atoms with Gasteiger partial charge in [0.2, 0.25) is 0 Å². The van der Waals surface area contributed by atoms with Crippen LogP contribution in [0.4, 0.5) is 0 Å². The van der Waals surface area contributed by atoms with Gasteiger partial charge >= 0.3 is 0 Å². The fraction of sp³-hybridized carbons (Fsp3) is 0.875. The molecule has 0 fully saturated rings. The standard InChI is InChI=1S/C4H10O.C4H8O/c1-4(2,3)5;1-3-4(2)5/h5H,1-3H3;3H2,1-2H3. The molecule has 0 aliphatic carbocycles. The van der Waals surface area contributed by atoms with E-state index < -0.39 is 5.60 Å². The van der Waals surface area contributed by atoms with Crippen LogP contribution in [0.25, 0.3) is 0 Å². The molecule has 0 atom stereocenters. The lowest BCUT2D eigenvalue weighted by atomic mass is 10.2. The van der Waals surface area contributed by atoms with Gasteiger partial charge in [-0.1, -0.05) is 6.92 Å². The fourth-order valence-corrected chi connectivity index (χ4v) is 0. The highest BCUT2D eigenvalue weighted by atomic mass is 16.3. The number of hydrogen-bond acceptors (Lipinski definition) is 2. The third-order valence-electron chi connectivity index (χ3n) is 0.498. The monoisotopic (exact) mass is 146 g/mol. The maximum absolute atomic E-state index is 9.81. The van der Waals surface area contributed by atoms with Gasteiger partial charge in [0.05, 0.1) is 5.60 Å². The summed E-state index contributed by atoms with van der Waals surface area (Å²) in [5.74, 6) is 0.255. The number of carbonyl (C=O) groups excluding carboxylic acids is 1. The topological polar surface area (TPSA) is 37.3 Å². The molecule has 0 aromatic rings. The quantitative estimate of drug-likeness (QED) is 0.612. The first-order valence-electron chi connectivity index (χ1n) is 3.49. The molecule has 0 aliphatic rings. The average molecular weight is 146 g/mol. The molecule has 10 heavy (non-hydrogen) atoms. The second kappa shape index (κ2) is 5.42. The smallest absolute Gasteiger partial charge is 0.129 e. The summed E-state index contributed by atoms with van der Waals surface area (Å²) in [6, 6.07) is 0. The molecular formula is C8H18O2. The molecule has 0 bridgehead atoms. The Bertz CT molecular complexity index is 83.9. The van der Waals surface area contributed by atoms with E-state index in [1.54, 1.807) is 27.7 Å². The van der Waals surface area contributed by atoms with Gasteiger partial charge in [0, 0.05) is 6.42 Å². The molecule has 0 rings (SSSR count). The Balaban J connectivity index is 0. The number of hydrogen-bond donors (Lipinski definition) is 1. The SMILES string of the molecule is CC(C)(C)O.CCC(C)=O. The van der Waals surface area contributed by atoms with E-state index in [-0.39, 0.29) is 5.78 Å². The number of carbonyl (C=O) groups is 1. The highest BCUT2D eigenvalue weighted by Crippen LogP contribution is 1.93. The van der Waals surface area contributed by atoms with Gasteiger partial charge in [0.1, 0.15) is 5.78 Å². The summed E-state index contributed by atoms with van der Waals surface area (Å²) in [4.78, 5) is 9.81. The van der Waals surface area contributed by atoms with Gasteiger partial charge in [-0.3, -0.25) is 0 Å². The molecule has 0 aromatic heterocycles. The zero-order valence-corrected chi connectivity index (χ0v) is 7.56. The summed E-state index contributed by atoms with van der Waals surface area (Å²) < 4.78 is 0. The molecule has 0 heterocycles. The first kappa shape index (κ1) is 12.3. The van der Waals surface area contributed by atoms with Crippen LogP contribution in [0.3, 0.4) is 0 Å². The van der Waals surface area contributed by atoms with Crippen LogP contribution in [0.5, 0.6) is 0 Å². The first-order valence-corrected chi connectivity index (χ1v) is 3.49. The third kappa shape index (κ3) is 126. The van der Waals surface area contributed by atoms with Crippen molar-refractivity contribution in [1.29, 1.82) is 0 Å². The molecule has 0 aromatic carbocycles. The van der Waals surface area contributed by atoms with Gasteiger partial charge in [-0.05, 0) is 27.7 Å². The summed E-state index contributed by atoms with van der Waals surface area (Å²) in [6.07, 6.45) is 0.667. The molecule has 0 saturated carbocycles. The Kier molecular flexibility index (Phi) is 6.67. The lowest BCUT2D eigenvalue weighted by molar-refractivity contribution is -0.116. The molecule has 0 amide bonds. The van der Waals surface area contributed by atoms with Crippen molar-refractivity contribution in [1.82, 2.24) is 0 Å². The van der Waals surface area contributed by atoms with Gasteiger partial charge in [-0.15, -0.1) is 0 Å². The predicted octanol–water partition coefficient (Wildman–Crippen LogP) is 1.76. The van der Waals surface area contributed by atoms with E-state index in [0.717, 1.165) is 0 Å². The van der Waals surface area contributed by atoms with E-state index in [4.69, 9.17) is 5.11 Å². The van der Waals surface area contributed by atoms with Crippen molar-refractivity contribution in [3.63, 3.8) is 0 Å². The molecular weight excluding hydrogens is 128 g/mol. The molecule has 0 aliphatic heterocycles. The van der Waals surface area contributed by atoms with Crippen LogP contribution in [-0.4, -0.2) is 16.5 Å². The Hall–Kier alpha value is -0.370. The van der Waals surface area contributed by atoms with Gasteiger partial charge in [0.15, 0.2) is 0 Å². The van der Waals surface area contributed by atoms with Crippen LogP contribution in [-0.2, 0) is 4.79 Å². The summed E-state index contributed by atoms with van der Waals surface area (Å²) in [5, 5.41) is 8.52. The van der Waals surface area contributed by atoms with Crippen LogP contribution >= 0.6 is 0 Å². The van der Waals surface area contributed by atoms with E-state index >= 15 is 0 Å². The second-order valence-electron chi connectivity index (χ2n) is 3.23. The van der Waals surface area contributed by atoms with E-state index in [1.807, 2.05) is 6.92 Å². The van der Waals surface area contributed by atoms with E-state index in [1.165, 1.54) is 0 Å². The normalized spacial score (nSPS) is 9.80. The van der Waals surface area contributed by atoms with Crippen molar-refractivity contribution in [3.8, 4) is 0 Å². The van der Waals surface area contributed by atoms with Crippen LogP contribution < -0.4 is 0 Å². The minimum absolute atomic E-state index is 0.255. The zero-order valence-electron chi connectivity index (χ0n) is 7.56. The largest absolute Gasteiger partial charge is 0.391 e. The zero-order chi connectivity index (χ0) is 8.78. The van der Waals surface area contributed by atoms with Gasteiger partial charge in [-0.2, -0.15) is 0 Å². The molecule has 0 unspecified atom stereocenters. The van der Waals surface area contributed by atoms with Crippen LogP contribution in [0.1, 0.15) is 41.0 Å². The number of aliphatic hydroxyl groups is 1. The van der Waals surface area contributed by atoms with Crippen molar-refractivity contribution in [2.45, 2.75) is 46.6 Å². The first-order chi connectivity index (χ1) is 4.27. The third-order valence-corrected chi connectivity index (χ3v) is 0.498. The molecule has 62 valence electrons. The lowest BCUT2D eigenvalue weighted by Crippen LogP contribution is -2.10. The predicted molar refractivity (Wildman–Crippen MR) is 42.9 cm³/mol. The van der Waals surface area contributed by atoms with Crippen molar-refractivity contribution >= 4 is 5.78 Å². The average Bonchev–Trinajstić information content (AvgIpc) is 1.61. The molecule has 1 N–H and O–H groups in total. The second-order valence-corrected chi connectivity index (χ2v) is 3.23. The summed E-state index contributed by atoms with van der Waals surface area (Å²) in [5.41, 5.74) is -0.500. The van der Waals surface area contributed by atoms with Crippen molar-refractivity contribution in [2.75, 3.05) is 0 Å². The summed E-state index contributed by atoms with van der Waals surface area (Å²) >= 11 is 0. The highest BCUT2D eigenvalue weighted by Gasteiger charge is 1.97. The Labute approximate surface area is 63.3 Å². The van der Waals surface area contributed by atoms with E-state index in [0.29, 0.717) is 6.42 Å². The number of ketones is 1. The van der Waals surface area contributed by atoms with Gasteiger partial charge < -0.3 is 9.90 Å². The molecule has 2 nitrogen and oxygen atoms in total. The van der Waals surface area contributed by atoms with Crippen molar-refractivity contribution in [3.05, 3.63) is 0 Å². The van der Waals surface area contributed by atoms with E-state index in [9.17, 15) is 4.79 Å². The Morgan fingerprint density at radius 3 is 1.50 bits per heavy atom. The molecule has 0 spiro atoms. The van der Waals surface area contributed by atoms with Crippen molar-refractivity contribution < 1.29 is 9.90 Å². The molecule has 0 saturated heterocycles. The Morgan fingerprint density at radius 2 is 1.50 bits per heavy atom. The minimum atomic E-state index is -0.500. The van der Waals surface area contributed by atoms with Crippen LogP contribution in [0.2, 0.25) is 0 Å².